The van der Waals surface area contributed by atoms with E-state index in [2.05, 4.69) is 10.1 Å². The number of ether oxygens (including phenoxy) is 1. The van der Waals surface area contributed by atoms with Gasteiger partial charge in [0.2, 0.25) is 0 Å². The average molecular weight is 338 g/mol. The lowest BCUT2D eigenvalue weighted by Gasteiger charge is -2.06. The summed E-state index contributed by atoms with van der Waals surface area (Å²) < 4.78 is 6.01. The van der Waals surface area contributed by atoms with E-state index in [1.54, 1.807) is 48.5 Å². The van der Waals surface area contributed by atoms with Crippen LogP contribution in [-0.2, 0) is 4.79 Å². The van der Waals surface area contributed by atoms with Crippen molar-refractivity contribution in [3.8, 4) is 5.75 Å². The van der Waals surface area contributed by atoms with Crippen molar-refractivity contribution in [3.05, 3.63) is 74.9 Å². The van der Waals surface area contributed by atoms with Gasteiger partial charge in [-0.05, 0) is 24.3 Å². The number of para-hydroxylation sites is 2. The van der Waals surface area contributed by atoms with E-state index in [4.69, 9.17) is 10.5 Å². The molecule has 1 heterocycles. The highest BCUT2D eigenvalue weighted by Gasteiger charge is 2.07. The Kier molecular flexibility index (Phi) is 4.42. The largest absolute Gasteiger partial charge is 0.483 e. The Hall–Kier alpha value is -3.68. The molecule has 0 unspecified atom stereocenters. The average Bonchev–Trinajstić information content (AvgIpc) is 2.60. The van der Waals surface area contributed by atoms with E-state index >= 15 is 0 Å². The molecule has 0 bridgehead atoms. The second kappa shape index (κ2) is 6.83. The molecule has 25 heavy (non-hydrogen) atoms. The third kappa shape index (κ3) is 3.47. The number of aromatic nitrogens is 2. The molecule has 0 radical (unpaired) electrons. The summed E-state index contributed by atoms with van der Waals surface area (Å²) in [6.45, 7) is -0.290. The van der Waals surface area contributed by atoms with Crippen molar-refractivity contribution < 1.29 is 9.53 Å². The van der Waals surface area contributed by atoms with Gasteiger partial charge in [-0.25, -0.2) is 4.79 Å². The minimum Gasteiger partial charge on any atom is -0.483 e. The Morgan fingerprint density at radius 3 is 2.68 bits per heavy atom. The minimum atomic E-state index is -0.657. The summed E-state index contributed by atoms with van der Waals surface area (Å²) in [6, 6.07) is 13.4. The van der Waals surface area contributed by atoms with Crippen LogP contribution in [0.5, 0.6) is 5.75 Å². The van der Waals surface area contributed by atoms with Crippen molar-refractivity contribution >= 4 is 23.0 Å². The fourth-order valence-electron chi connectivity index (χ4n) is 2.25. The topological polar surface area (TPSA) is 120 Å². The fraction of sp³-hybridized carbons (Fsp3) is 0.0588. The Labute approximate surface area is 141 Å². The zero-order valence-corrected chi connectivity index (χ0v) is 13.0. The molecule has 2 aromatic carbocycles. The highest BCUT2D eigenvalue weighted by Crippen LogP contribution is 2.15. The van der Waals surface area contributed by atoms with Crippen molar-refractivity contribution in [2.45, 2.75) is 0 Å². The highest BCUT2D eigenvalue weighted by atomic mass is 16.5. The fourth-order valence-corrected chi connectivity index (χ4v) is 2.25. The molecule has 1 aromatic heterocycles. The van der Waals surface area contributed by atoms with E-state index in [1.165, 1.54) is 6.21 Å². The van der Waals surface area contributed by atoms with Crippen LogP contribution >= 0.6 is 0 Å². The number of primary amides is 1. The number of nitrogens with two attached hydrogens (primary N) is 1. The van der Waals surface area contributed by atoms with Gasteiger partial charge in [0.15, 0.2) is 6.61 Å². The highest BCUT2D eigenvalue weighted by molar-refractivity contribution is 5.84. The Bertz CT molecular complexity index is 1080. The molecule has 3 aromatic rings. The first-order chi connectivity index (χ1) is 12.1. The number of amides is 1. The predicted octanol–water partition coefficient (Wildman–Crippen LogP) is 0.436. The number of hydrogen-bond donors (Lipinski definition) is 2. The van der Waals surface area contributed by atoms with Crippen LogP contribution in [0.3, 0.4) is 0 Å². The van der Waals surface area contributed by atoms with Crippen molar-refractivity contribution in [2.24, 2.45) is 10.8 Å². The summed E-state index contributed by atoms with van der Waals surface area (Å²) in [5.74, 6) is -0.260. The standard InChI is InChI=1S/C17H14N4O4/c18-15(22)10-25-14-8-4-1-5-11(14)9-19-21-16(23)12-6-2-3-7-13(12)20-17(21)24/h1-9H,10H2,(H2,18,22)(H,20,24). The third-order valence-electron chi connectivity index (χ3n) is 3.39. The van der Waals surface area contributed by atoms with E-state index < -0.39 is 17.2 Å². The molecule has 8 heteroatoms. The van der Waals surface area contributed by atoms with Gasteiger partial charge < -0.3 is 15.5 Å². The monoisotopic (exact) mass is 338 g/mol. The van der Waals surface area contributed by atoms with Crippen LogP contribution in [-0.4, -0.2) is 28.4 Å². The number of rotatable bonds is 5. The Morgan fingerprint density at radius 2 is 1.88 bits per heavy atom. The summed E-state index contributed by atoms with van der Waals surface area (Å²) in [5, 5.41) is 4.30. The van der Waals surface area contributed by atoms with Gasteiger partial charge in [0.25, 0.3) is 11.5 Å². The van der Waals surface area contributed by atoms with Crippen LogP contribution in [0.15, 0.2) is 63.2 Å². The number of fused-ring (bicyclic) bond motifs is 1. The summed E-state index contributed by atoms with van der Waals surface area (Å²) in [4.78, 5) is 37.9. The lowest BCUT2D eigenvalue weighted by atomic mass is 10.2. The van der Waals surface area contributed by atoms with E-state index in [0.29, 0.717) is 22.2 Å². The molecule has 0 fully saturated rings. The number of carbonyl (C=O) groups is 1. The van der Waals surface area contributed by atoms with Gasteiger partial charge in [0, 0.05) is 5.56 Å². The molecule has 0 saturated heterocycles. The lowest BCUT2D eigenvalue weighted by Crippen LogP contribution is -2.32. The van der Waals surface area contributed by atoms with Crippen molar-refractivity contribution in [1.29, 1.82) is 0 Å². The van der Waals surface area contributed by atoms with Gasteiger partial charge in [-0.1, -0.05) is 24.3 Å². The molecule has 0 aliphatic rings. The van der Waals surface area contributed by atoms with Gasteiger partial charge in [-0.2, -0.15) is 5.10 Å². The SMILES string of the molecule is NC(=O)COc1ccccc1C=Nn1c(=O)[nH]c2ccccc2c1=O. The molecule has 0 saturated carbocycles. The van der Waals surface area contributed by atoms with Crippen LogP contribution in [0.2, 0.25) is 0 Å². The first-order valence-corrected chi connectivity index (χ1v) is 7.35. The van der Waals surface area contributed by atoms with Crippen molar-refractivity contribution in [1.82, 2.24) is 9.66 Å². The molecular formula is C17H14N4O4. The predicted molar refractivity (Wildman–Crippen MR) is 93.0 cm³/mol. The maximum absolute atomic E-state index is 12.4. The van der Waals surface area contributed by atoms with Gasteiger partial charge in [-0.15, -0.1) is 4.68 Å². The maximum Gasteiger partial charge on any atom is 0.349 e. The maximum atomic E-state index is 12.4. The lowest BCUT2D eigenvalue weighted by molar-refractivity contribution is -0.119. The van der Waals surface area contributed by atoms with Crippen LogP contribution in [0.4, 0.5) is 0 Å². The van der Waals surface area contributed by atoms with Crippen LogP contribution < -0.4 is 21.7 Å². The normalized spacial score (nSPS) is 11.0. The molecule has 8 nitrogen and oxygen atoms in total. The van der Waals surface area contributed by atoms with Gasteiger partial charge in [0.05, 0.1) is 17.1 Å². The van der Waals surface area contributed by atoms with Gasteiger partial charge in [-0.3, -0.25) is 9.59 Å². The Balaban J connectivity index is 2.01. The third-order valence-corrected chi connectivity index (χ3v) is 3.39. The van der Waals surface area contributed by atoms with Crippen LogP contribution in [0.1, 0.15) is 5.56 Å². The molecule has 0 atom stereocenters. The molecule has 126 valence electrons. The van der Waals surface area contributed by atoms with E-state index in [0.717, 1.165) is 4.68 Å². The summed E-state index contributed by atoms with van der Waals surface area (Å²) >= 11 is 0. The molecule has 3 rings (SSSR count). The summed E-state index contributed by atoms with van der Waals surface area (Å²) in [6.07, 6.45) is 1.31. The van der Waals surface area contributed by atoms with E-state index in [9.17, 15) is 14.4 Å². The molecule has 0 aliphatic heterocycles. The van der Waals surface area contributed by atoms with Gasteiger partial charge in [0.1, 0.15) is 5.75 Å². The zero-order chi connectivity index (χ0) is 17.8. The Morgan fingerprint density at radius 1 is 1.16 bits per heavy atom. The summed E-state index contributed by atoms with van der Waals surface area (Å²) in [7, 11) is 0. The summed E-state index contributed by atoms with van der Waals surface area (Å²) in [5.41, 5.74) is 4.79. The molecule has 0 spiro atoms. The number of H-pyrrole nitrogens is 1. The quantitative estimate of drug-likeness (QED) is 0.656. The molecule has 1 amide bonds. The van der Waals surface area contributed by atoms with Crippen LogP contribution in [0.25, 0.3) is 10.9 Å². The first kappa shape index (κ1) is 16.2. The van der Waals surface area contributed by atoms with E-state index in [1.807, 2.05) is 0 Å². The van der Waals surface area contributed by atoms with Crippen molar-refractivity contribution in [2.75, 3.05) is 6.61 Å². The molecular weight excluding hydrogens is 324 g/mol. The first-order valence-electron chi connectivity index (χ1n) is 7.35. The van der Waals surface area contributed by atoms with Gasteiger partial charge >= 0.3 is 5.69 Å². The van der Waals surface area contributed by atoms with E-state index in [-0.39, 0.29) is 6.61 Å². The minimum absolute atomic E-state index is 0.290. The second-order valence-corrected chi connectivity index (χ2v) is 5.13. The number of nitrogens with zero attached hydrogens (tertiary/aromatic N) is 2. The van der Waals surface area contributed by atoms with Crippen molar-refractivity contribution in [3.63, 3.8) is 0 Å². The molecule has 3 N–H and O–H groups in total. The number of benzene rings is 2. The number of carbonyl (C=O) groups excluding carboxylic acids is 1. The molecule has 0 aliphatic carbocycles. The number of aromatic amines is 1. The second-order valence-electron chi connectivity index (χ2n) is 5.13. The van der Waals surface area contributed by atoms with Crippen LogP contribution in [0, 0.1) is 0 Å². The zero-order valence-electron chi connectivity index (χ0n) is 13.0. The smallest absolute Gasteiger partial charge is 0.349 e. The number of hydrogen-bond acceptors (Lipinski definition) is 5. The number of nitrogens with one attached hydrogen (secondary N) is 1.